The summed E-state index contributed by atoms with van der Waals surface area (Å²) in [4.78, 5) is 15.5. The van der Waals surface area contributed by atoms with Gasteiger partial charge in [0.15, 0.2) is 0 Å². The van der Waals surface area contributed by atoms with E-state index in [4.69, 9.17) is 0 Å². The van der Waals surface area contributed by atoms with Crippen molar-refractivity contribution in [3.05, 3.63) is 30.5 Å². The van der Waals surface area contributed by atoms with Crippen LogP contribution in [-0.2, 0) is 14.8 Å². The first-order valence-corrected chi connectivity index (χ1v) is 9.46. The third-order valence-corrected chi connectivity index (χ3v) is 6.29. The second-order valence-electron chi connectivity index (χ2n) is 5.84. The number of aromatic nitrogens is 1. The second-order valence-corrected chi connectivity index (χ2v) is 8.10. The fourth-order valence-electron chi connectivity index (χ4n) is 2.95. The zero-order valence-corrected chi connectivity index (χ0v) is 13.9. The van der Waals surface area contributed by atoms with Gasteiger partial charge >= 0.3 is 0 Å². The van der Waals surface area contributed by atoms with Crippen LogP contribution in [0.3, 0.4) is 0 Å². The van der Waals surface area contributed by atoms with E-state index in [0.717, 1.165) is 16.6 Å². The smallest absolute Gasteiger partial charge is 0.227 e. The van der Waals surface area contributed by atoms with Crippen LogP contribution < -0.4 is 5.32 Å². The number of carbonyl (C=O) groups excluding carboxylic acids is 1. The number of nitrogens with one attached hydrogen (secondary N) is 2. The number of sulfonamides is 1. The first-order valence-electron chi connectivity index (χ1n) is 7.85. The van der Waals surface area contributed by atoms with Gasteiger partial charge in [0.25, 0.3) is 0 Å². The van der Waals surface area contributed by atoms with Crippen molar-refractivity contribution in [1.82, 2.24) is 9.29 Å². The van der Waals surface area contributed by atoms with Crippen molar-refractivity contribution in [2.75, 3.05) is 24.2 Å². The number of anilines is 1. The van der Waals surface area contributed by atoms with E-state index in [1.165, 1.54) is 4.31 Å². The van der Waals surface area contributed by atoms with E-state index in [1.807, 2.05) is 30.5 Å². The van der Waals surface area contributed by atoms with Crippen LogP contribution in [0.15, 0.2) is 30.5 Å². The maximum atomic E-state index is 12.4. The van der Waals surface area contributed by atoms with Crippen LogP contribution in [0.25, 0.3) is 10.9 Å². The molecule has 2 N–H and O–H groups in total. The summed E-state index contributed by atoms with van der Waals surface area (Å²) in [6, 6.07) is 7.69. The fourth-order valence-corrected chi connectivity index (χ4v) is 4.09. The van der Waals surface area contributed by atoms with Gasteiger partial charge in [-0.2, -0.15) is 0 Å². The van der Waals surface area contributed by atoms with Gasteiger partial charge in [0.2, 0.25) is 15.9 Å². The summed E-state index contributed by atoms with van der Waals surface area (Å²) >= 11 is 0. The first kappa shape index (κ1) is 16.0. The molecule has 1 amide bonds. The maximum Gasteiger partial charge on any atom is 0.227 e. The molecule has 2 aromatic rings. The molecule has 0 atom stereocenters. The summed E-state index contributed by atoms with van der Waals surface area (Å²) in [6.07, 6.45) is 3.00. The Morgan fingerprint density at radius 2 is 2.04 bits per heavy atom. The Morgan fingerprint density at radius 1 is 1.30 bits per heavy atom. The molecule has 0 radical (unpaired) electrons. The molecule has 2 heterocycles. The Morgan fingerprint density at radius 3 is 2.74 bits per heavy atom. The quantitative estimate of drug-likeness (QED) is 0.898. The van der Waals surface area contributed by atoms with Gasteiger partial charge in [-0.1, -0.05) is 0 Å². The first-order chi connectivity index (χ1) is 11.0. The summed E-state index contributed by atoms with van der Waals surface area (Å²) < 4.78 is 25.2. The normalized spacial score (nSPS) is 17.4. The van der Waals surface area contributed by atoms with Gasteiger partial charge in [0.1, 0.15) is 0 Å². The molecule has 0 saturated carbocycles. The molecule has 3 rings (SSSR count). The lowest BCUT2D eigenvalue weighted by Crippen LogP contribution is -2.42. The summed E-state index contributed by atoms with van der Waals surface area (Å²) in [6.45, 7) is 2.49. The minimum atomic E-state index is -3.15. The minimum absolute atomic E-state index is 0.0339. The van der Waals surface area contributed by atoms with E-state index in [9.17, 15) is 13.2 Å². The zero-order chi connectivity index (χ0) is 16.4. The lowest BCUT2D eigenvalue weighted by atomic mass is 9.97. The number of hydrogen-bond donors (Lipinski definition) is 2. The number of carbonyl (C=O) groups is 1. The molecule has 1 aromatic heterocycles. The van der Waals surface area contributed by atoms with Crippen molar-refractivity contribution in [3.8, 4) is 0 Å². The molecule has 0 bridgehead atoms. The minimum Gasteiger partial charge on any atom is -0.361 e. The van der Waals surface area contributed by atoms with Crippen molar-refractivity contribution < 1.29 is 13.2 Å². The van der Waals surface area contributed by atoms with Crippen LogP contribution >= 0.6 is 0 Å². The molecule has 1 aromatic carbocycles. The number of nitrogens with zero attached hydrogens (tertiary/aromatic N) is 1. The number of hydrogen-bond acceptors (Lipinski definition) is 3. The Kier molecular flexibility index (Phi) is 4.41. The number of fused-ring (bicyclic) bond motifs is 1. The highest BCUT2D eigenvalue weighted by atomic mass is 32.2. The Bertz CT molecular complexity index is 805. The van der Waals surface area contributed by atoms with Crippen molar-refractivity contribution in [2.45, 2.75) is 19.8 Å². The molecule has 1 saturated heterocycles. The van der Waals surface area contributed by atoms with Gasteiger partial charge in [-0.3, -0.25) is 4.79 Å². The van der Waals surface area contributed by atoms with E-state index >= 15 is 0 Å². The van der Waals surface area contributed by atoms with E-state index in [2.05, 4.69) is 10.3 Å². The number of aromatic amines is 1. The molecule has 1 fully saturated rings. The lowest BCUT2D eigenvalue weighted by Gasteiger charge is -2.30. The molecule has 6 nitrogen and oxygen atoms in total. The maximum absolute atomic E-state index is 12.4. The summed E-state index contributed by atoms with van der Waals surface area (Å²) in [7, 11) is -3.15. The van der Waals surface area contributed by atoms with Crippen molar-refractivity contribution in [2.24, 2.45) is 5.92 Å². The van der Waals surface area contributed by atoms with Crippen LogP contribution in [0, 0.1) is 5.92 Å². The van der Waals surface area contributed by atoms with Gasteiger partial charge < -0.3 is 10.3 Å². The molecule has 0 spiro atoms. The van der Waals surface area contributed by atoms with E-state index in [1.54, 1.807) is 6.92 Å². The summed E-state index contributed by atoms with van der Waals surface area (Å²) in [5.74, 6) is -0.0609. The Balaban J connectivity index is 1.61. The average molecular weight is 335 g/mol. The topological polar surface area (TPSA) is 82.3 Å². The van der Waals surface area contributed by atoms with E-state index in [0.29, 0.717) is 25.9 Å². The van der Waals surface area contributed by atoms with Gasteiger partial charge in [0.05, 0.1) is 5.75 Å². The molecule has 1 aliphatic heterocycles. The zero-order valence-electron chi connectivity index (χ0n) is 13.1. The van der Waals surface area contributed by atoms with Gasteiger partial charge in [-0.15, -0.1) is 0 Å². The third kappa shape index (κ3) is 3.40. The van der Waals surface area contributed by atoms with E-state index < -0.39 is 10.0 Å². The largest absolute Gasteiger partial charge is 0.361 e. The highest BCUT2D eigenvalue weighted by Gasteiger charge is 2.30. The van der Waals surface area contributed by atoms with Gasteiger partial charge in [-0.25, -0.2) is 12.7 Å². The molecule has 0 aliphatic carbocycles. The Hall–Kier alpha value is -1.86. The highest BCUT2D eigenvalue weighted by molar-refractivity contribution is 7.89. The monoisotopic (exact) mass is 335 g/mol. The molecular formula is C16H21N3O3S. The number of benzene rings is 1. The fraction of sp³-hybridized carbons (Fsp3) is 0.438. The molecule has 0 unspecified atom stereocenters. The van der Waals surface area contributed by atoms with Gasteiger partial charge in [-0.05, 0) is 44.0 Å². The van der Waals surface area contributed by atoms with Crippen LogP contribution in [0.5, 0.6) is 0 Å². The molecular weight excluding hydrogens is 314 g/mol. The number of piperidine rings is 1. The molecule has 1 aliphatic rings. The standard InChI is InChI=1S/C16H21N3O3S/c1-2-23(21,22)19-9-6-12(7-10-19)16(20)18-14-3-4-15-13(11-14)5-8-17-15/h3-5,8,11-12,17H,2,6-7,9-10H2,1H3,(H,18,20). The molecule has 23 heavy (non-hydrogen) atoms. The van der Waals surface area contributed by atoms with Crippen LogP contribution in [-0.4, -0.2) is 42.5 Å². The second kappa shape index (κ2) is 6.33. The predicted molar refractivity (Wildman–Crippen MR) is 90.7 cm³/mol. The van der Waals surface area contributed by atoms with E-state index in [-0.39, 0.29) is 17.6 Å². The lowest BCUT2D eigenvalue weighted by molar-refractivity contribution is -0.120. The summed E-state index contributed by atoms with van der Waals surface area (Å²) in [5, 5.41) is 3.99. The van der Waals surface area contributed by atoms with Crippen molar-refractivity contribution in [1.29, 1.82) is 0 Å². The number of rotatable bonds is 4. The van der Waals surface area contributed by atoms with Crippen molar-refractivity contribution >= 4 is 32.5 Å². The Labute approximate surface area is 135 Å². The molecule has 124 valence electrons. The van der Waals surface area contributed by atoms with Crippen molar-refractivity contribution in [3.63, 3.8) is 0 Å². The molecule has 7 heteroatoms. The third-order valence-electron chi connectivity index (χ3n) is 4.40. The van der Waals surface area contributed by atoms with Crippen LogP contribution in [0.4, 0.5) is 5.69 Å². The average Bonchev–Trinajstić information content (AvgIpc) is 3.02. The number of amides is 1. The number of H-pyrrole nitrogens is 1. The van der Waals surface area contributed by atoms with Crippen LogP contribution in [0.2, 0.25) is 0 Å². The SMILES string of the molecule is CCS(=O)(=O)N1CCC(C(=O)Nc2ccc3[nH]ccc3c2)CC1. The van der Waals surface area contributed by atoms with Crippen LogP contribution in [0.1, 0.15) is 19.8 Å². The highest BCUT2D eigenvalue weighted by Crippen LogP contribution is 2.23. The van der Waals surface area contributed by atoms with Gasteiger partial charge in [0, 0.05) is 41.8 Å². The summed E-state index contributed by atoms with van der Waals surface area (Å²) in [5.41, 5.74) is 1.80. The predicted octanol–water partition coefficient (Wildman–Crippen LogP) is 2.17.